The Bertz CT molecular complexity index is 1170. The highest BCUT2D eigenvalue weighted by atomic mass is 32.2. The van der Waals surface area contributed by atoms with Gasteiger partial charge in [0.1, 0.15) is 10.8 Å². The van der Waals surface area contributed by atoms with Crippen LogP contribution in [0.15, 0.2) is 44.3 Å². The summed E-state index contributed by atoms with van der Waals surface area (Å²) in [6.07, 6.45) is 0. The number of fused-ring (bicyclic) bond motifs is 1. The van der Waals surface area contributed by atoms with Crippen LogP contribution < -0.4 is 4.80 Å². The minimum absolute atomic E-state index is 0.0971. The van der Waals surface area contributed by atoms with Crippen LogP contribution in [0.5, 0.6) is 0 Å². The number of sulfonamides is 1. The molecule has 8 nitrogen and oxygen atoms in total. The second kappa shape index (κ2) is 7.62. The molecule has 0 aliphatic rings. The standard InChI is InChI=1S/C16H14N2O6S3/c1-23-13(19)9-18-11-6-5-10(15(20)24-2)8-12(11)26-16(18)17-27(21,22)14-4-3-7-25-14/h3-8H,9H2,1-2H3. The molecule has 142 valence electrons. The molecule has 0 radical (unpaired) electrons. The molecule has 0 aliphatic heterocycles. The second-order valence-corrected chi connectivity index (χ2v) is 9.01. The Balaban J connectivity index is 2.23. The van der Waals surface area contributed by atoms with Crippen LogP contribution in [0.25, 0.3) is 10.2 Å². The summed E-state index contributed by atoms with van der Waals surface area (Å²) in [5.74, 6) is -1.07. The molecule has 1 aromatic carbocycles. The topological polar surface area (TPSA) is 104 Å². The predicted octanol–water partition coefficient (Wildman–Crippen LogP) is 2.01. The maximum Gasteiger partial charge on any atom is 0.337 e. The van der Waals surface area contributed by atoms with Gasteiger partial charge in [-0.3, -0.25) is 4.79 Å². The van der Waals surface area contributed by atoms with Gasteiger partial charge in [0.25, 0.3) is 10.0 Å². The molecule has 3 rings (SSSR count). The molecule has 0 fully saturated rings. The van der Waals surface area contributed by atoms with Crippen LogP contribution in [-0.2, 0) is 30.8 Å². The van der Waals surface area contributed by atoms with Gasteiger partial charge in [0, 0.05) is 0 Å². The number of hydrogen-bond acceptors (Lipinski definition) is 8. The molecule has 0 bridgehead atoms. The van der Waals surface area contributed by atoms with Gasteiger partial charge >= 0.3 is 11.9 Å². The van der Waals surface area contributed by atoms with Crippen LogP contribution in [-0.4, -0.2) is 39.1 Å². The first-order valence-electron chi connectivity index (χ1n) is 7.49. The zero-order valence-electron chi connectivity index (χ0n) is 14.2. The number of hydrogen-bond donors (Lipinski definition) is 0. The van der Waals surface area contributed by atoms with Crippen molar-refractivity contribution < 1.29 is 27.5 Å². The molecule has 3 aromatic rings. The van der Waals surface area contributed by atoms with E-state index in [0.717, 1.165) is 22.7 Å². The summed E-state index contributed by atoms with van der Waals surface area (Å²) in [4.78, 5) is 23.6. The first kappa shape index (κ1) is 19.3. The summed E-state index contributed by atoms with van der Waals surface area (Å²) in [5.41, 5.74) is 0.863. The minimum atomic E-state index is -3.92. The van der Waals surface area contributed by atoms with Crippen molar-refractivity contribution in [2.24, 2.45) is 4.40 Å². The van der Waals surface area contributed by atoms with E-state index >= 15 is 0 Å². The zero-order chi connectivity index (χ0) is 19.6. The lowest BCUT2D eigenvalue weighted by molar-refractivity contribution is -0.141. The number of carbonyl (C=O) groups excluding carboxylic acids is 2. The van der Waals surface area contributed by atoms with E-state index in [2.05, 4.69) is 4.40 Å². The molecule has 0 N–H and O–H groups in total. The van der Waals surface area contributed by atoms with Gasteiger partial charge in [-0.05, 0) is 29.6 Å². The van der Waals surface area contributed by atoms with E-state index in [4.69, 9.17) is 9.47 Å². The number of thiophene rings is 1. The molecule has 2 aromatic heterocycles. The number of ether oxygens (including phenoxy) is 2. The molecule has 0 aliphatic carbocycles. The van der Waals surface area contributed by atoms with Crippen molar-refractivity contribution in [3.8, 4) is 0 Å². The van der Waals surface area contributed by atoms with Gasteiger partial charge < -0.3 is 14.0 Å². The fraction of sp³-hybridized carbons (Fsp3) is 0.188. The average molecular weight is 426 g/mol. The summed E-state index contributed by atoms with van der Waals surface area (Å²) in [5, 5.41) is 1.64. The first-order chi connectivity index (χ1) is 12.9. The number of thiazole rings is 1. The van der Waals surface area contributed by atoms with Crippen LogP contribution in [0.1, 0.15) is 10.4 Å². The highest BCUT2D eigenvalue weighted by Crippen LogP contribution is 2.22. The summed E-state index contributed by atoms with van der Waals surface area (Å²) < 4.78 is 40.4. The lowest BCUT2D eigenvalue weighted by Crippen LogP contribution is -2.22. The van der Waals surface area contributed by atoms with Crippen molar-refractivity contribution >= 4 is 54.9 Å². The number of esters is 2. The Hall–Kier alpha value is -2.50. The van der Waals surface area contributed by atoms with Crippen molar-refractivity contribution in [3.63, 3.8) is 0 Å². The number of carbonyl (C=O) groups is 2. The quantitative estimate of drug-likeness (QED) is 0.578. The van der Waals surface area contributed by atoms with Crippen molar-refractivity contribution in [1.82, 2.24) is 4.57 Å². The minimum Gasteiger partial charge on any atom is -0.468 e. The van der Waals surface area contributed by atoms with E-state index in [1.165, 1.54) is 30.9 Å². The van der Waals surface area contributed by atoms with Crippen molar-refractivity contribution in [3.05, 3.63) is 46.1 Å². The van der Waals surface area contributed by atoms with E-state index in [0.29, 0.717) is 15.8 Å². The largest absolute Gasteiger partial charge is 0.468 e. The Kier molecular flexibility index (Phi) is 5.44. The third-order valence-electron chi connectivity index (χ3n) is 3.57. The monoisotopic (exact) mass is 426 g/mol. The Morgan fingerprint density at radius 2 is 1.96 bits per heavy atom. The molecular formula is C16H14N2O6S3. The van der Waals surface area contributed by atoms with Crippen LogP contribution in [0.3, 0.4) is 0 Å². The molecule has 0 amide bonds. The SMILES string of the molecule is COC(=O)Cn1c(=NS(=O)(=O)c2cccs2)sc2cc(C(=O)OC)ccc21. The molecule has 0 saturated carbocycles. The molecule has 2 heterocycles. The fourth-order valence-corrected chi connectivity index (χ4v) is 5.53. The maximum atomic E-state index is 12.5. The smallest absolute Gasteiger partial charge is 0.337 e. The Morgan fingerprint density at radius 3 is 2.59 bits per heavy atom. The van der Waals surface area contributed by atoms with E-state index in [1.54, 1.807) is 23.6 Å². The van der Waals surface area contributed by atoms with E-state index in [9.17, 15) is 18.0 Å². The van der Waals surface area contributed by atoms with Gasteiger partial charge in [0.15, 0.2) is 0 Å². The number of methoxy groups -OCH3 is 2. The van der Waals surface area contributed by atoms with Gasteiger partial charge in [0.2, 0.25) is 4.80 Å². The van der Waals surface area contributed by atoms with Crippen LogP contribution in [0.2, 0.25) is 0 Å². The average Bonchev–Trinajstić information content (AvgIpc) is 3.29. The third-order valence-corrected chi connectivity index (χ3v) is 7.36. The highest BCUT2D eigenvalue weighted by molar-refractivity contribution is 7.92. The summed E-state index contributed by atoms with van der Waals surface area (Å²) in [7, 11) is -1.41. The Morgan fingerprint density at radius 1 is 1.19 bits per heavy atom. The van der Waals surface area contributed by atoms with Crippen LogP contribution in [0.4, 0.5) is 0 Å². The highest BCUT2D eigenvalue weighted by Gasteiger charge is 2.18. The summed E-state index contributed by atoms with van der Waals surface area (Å²) in [6, 6.07) is 7.78. The molecule has 27 heavy (non-hydrogen) atoms. The summed E-state index contributed by atoms with van der Waals surface area (Å²) in [6.45, 7) is -0.215. The third kappa shape index (κ3) is 3.94. The van der Waals surface area contributed by atoms with Gasteiger partial charge in [0.05, 0.1) is 30.0 Å². The summed E-state index contributed by atoms with van der Waals surface area (Å²) >= 11 is 2.10. The first-order valence-corrected chi connectivity index (χ1v) is 10.6. The number of aromatic nitrogens is 1. The molecule has 11 heteroatoms. The fourth-order valence-electron chi connectivity index (χ4n) is 2.29. The molecule has 0 unspecified atom stereocenters. The molecule has 0 atom stereocenters. The van der Waals surface area contributed by atoms with Gasteiger partial charge in [-0.25, -0.2) is 4.79 Å². The lowest BCUT2D eigenvalue weighted by atomic mass is 10.2. The van der Waals surface area contributed by atoms with Gasteiger partial charge in [-0.1, -0.05) is 17.4 Å². The molecule has 0 saturated heterocycles. The lowest BCUT2D eigenvalue weighted by Gasteiger charge is -2.04. The predicted molar refractivity (Wildman–Crippen MR) is 100 cm³/mol. The Labute approximate surface area is 162 Å². The van der Waals surface area contributed by atoms with Crippen LogP contribution in [0, 0.1) is 0 Å². The van der Waals surface area contributed by atoms with E-state index < -0.39 is 22.0 Å². The normalized spacial score (nSPS) is 12.3. The van der Waals surface area contributed by atoms with E-state index in [1.807, 2.05) is 0 Å². The number of rotatable bonds is 5. The number of benzene rings is 1. The number of nitrogens with zero attached hydrogens (tertiary/aromatic N) is 2. The van der Waals surface area contributed by atoms with Crippen molar-refractivity contribution in [2.75, 3.05) is 14.2 Å². The molecule has 0 spiro atoms. The van der Waals surface area contributed by atoms with Crippen molar-refractivity contribution in [2.45, 2.75) is 10.8 Å². The van der Waals surface area contributed by atoms with E-state index in [-0.39, 0.29) is 15.6 Å². The van der Waals surface area contributed by atoms with Crippen molar-refractivity contribution in [1.29, 1.82) is 0 Å². The molecular weight excluding hydrogens is 412 g/mol. The zero-order valence-corrected chi connectivity index (χ0v) is 16.7. The van der Waals surface area contributed by atoms with Crippen LogP contribution >= 0.6 is 22.7 Å². The second-order valence-electron chi connectivity index (χ2n) is 5.22. The maximum absolute atomic E-state index is 12.5. The van der Waals surface area contributed by atoms with Gasteiger partial charge in [-0.2, -0.15) is 8.42 Å². The van der Waals surface area contributed by atoms with Gasteiger partial charge in [-0.15, -0.1) is 15.7 Å².